The number of rotatable bonds is 2. The minimum absolute atomic E-state index is 0.192. The van der Waals surface area contributed by atoms with Gasteiger partial charge in [-0.2, -0.15) is 0 Å². The number of nitrogens with zero attached hydrogens (tertiary/aromatic N) is 1. The summed E-state index contributed by atoms with van der Waals surface area (Å²) in [5.41, 5.74) is 3.00. The second kappa shape index (κ2) is 5.57. The second-order valence-electron chi connectivity index (χ2n) is 6.29. The fraction of sp³-hybridized carbons (Fsp3) is 0.929. The molecule has 0 radical (unpaired) electrons. The first-order valence-electron chi connectivity index (χ1n) is 7.33. The van der Waals surface area contributed by atoms with E-state index in [1.165, 1.54) is 19.3 Å². The maximum atomic E-state index is 12.5. The molecule has 2 rings (SSSR count). The predicted molar refractivity (Wildman–Crippen MR) is 73.0 cm³/mol. The largest absolute Gasteiger partial charge is 0.317 e. The highest BCUT2D eigenvalue weighted by molar-refractivity contribution is 5.82. The van der Waals surface area contributed by atoms with Crippen LogP contribution in [0.2, 0.25) is 0 Å². The number of nitrogens with one attached hydrogen (secondary N) is 2. The predicted octanol–water partition coefficient (Wildman–Crippen LogP) is 1.67. The Bertz CT molecular complexity index is 289. The normalized spacial score (nSPS) is 33.1. The van der Waals surface area contributed by atoms with Crippen molar-refractivity contribution in [3.63, 3.8) is 0 Å². The lowest BCUT2D eigenvalue weighted by Crippen LogP contribution is -2.58. The summed E-state index contributed by atoms with van der Waals surface area (Å²) in [6.07, 6.45) is 5.52. The summed E-state index contributed by atoms with van der Waals surface area (Å²) in [4.78, 5) is 12.5. The Hall–Kier alpha value is -0.610. The Kier molecular flexibility index (Phi) is 4.28. The number of carbonyl (C=O) groups excluding carboxylic acids is 1. The van der Waals surface area contributed by atoms with Crippen LogP contribution in [-0.4, -0.2) is 36.1 Å². The van der Waals surface area contributed by atoms with Gasteiger partial charge in [-0.25, -0.2) is 5.01 Å². The molecule has 2 saturated heterocycles. The molecule has 2 N–H and O–H groups in total. The first kappa shape index (κ1) is 13.8. The first-order valence-corrected chi connectivity index (χ1v) is 7.33. The Labute approximate surface area is 110 Å². The van der Waals surface area contributed by atoms with Gasteiger partial charge in [0.1, 0.15) is 0 Å². The molecule has 0 aromatic carbocycles. The SMILES string of the molecule is CC1CCCC(C)N1NC(=O)C1(C)CCNCC1. The molecule has 0 spiro atoms. The van der Waals surface area contributed by atoms with E-state index in [4.69, 9.17) is 0 Å². The van der Waals surface area contributed by atoms with Gasteiger partial charge in [-0.1, -0.05) is 13.3 Å². The fourth-order valence-corrected chi connectivity index (χ4v) is 3.10. The van der Waals surface area contributed by atoms with E-state index in [1.54, 1.807) is 0 Å². The van der Waals surface area contributed by atoms with Crippen LogP contribution >= 0.6 is 0 Å². The zero-order valence-corrected chi connectivity index (χ0v) is 12.0. The van der Waals surface area contributed by atoms with E-state index in [-0.39, 0.29) is 11.3 Å². The molecule has 18 heavy (non-hydrogen) atoms. The minimum Gasteiger partial charge on any atom is -0.317 e. The number of carbonyl (C=O) groups is 1. The molecule has 2 atom stereocenters. The molecule has 2 aliphatic heterocycles. The fourth-order valence-electron chi connectivity index (χ4n) is 3.10. The van der Waals surface area contributed by atoms with Gasteiger partial charge in [0, 0.05) is 12.1 Å². The average Bonchev–Trinajstić information content (AvgIpc) is 2.34. The minimum atomic E-state index is -0.192. The van der Waals surface area contributed by atoms with Crippen molar-refractivity contribution in [1.29, 1.82) is 0 Å². The van der Waals surface area contributed by atoms with Crippen LogP contribution in [0.25, 0.3) is 0 Å². The molecule has 1 amide bonds. The van der Waals surface area contributed by atoms with Crippen LogP contribution < -0.4 is 10.7 Å². The number of amides is 1. The molecule has 2 fully saturated rings. The monoisotopic (exact) mass is 253 g/mol. The molecule has 0 saturated carbocycles. The van der Waals surface area contributed by atoms with Crippen LogP contribution in [0.4, 0.5) is 0 Å². The number of hydrogen-bond acceptors (Lipinski definition) is 3. The molecule has 2 aliphatic rings. The summed E-state index contributed by atoms with van der Waals surface area (Å²) in [6, 6.07) is 0.922. The molecule has 2 heterocycles. The highest BCUT2D eigenvalue weighted by atomic mass is 16.2. The van der Waals surface area contributed by atoms with Gasteiger partial charge >= 0.3 is 0 Å². The van der Waals surface area contributed by atoms with Crippen LogP contribution in [0.1, 0.15) is 52.9 Å². The van der Waals surface area contributed by atoms with E-state index in [2.05, 4.69) is 36.5 Å². The van der Waals surface area contributed by atoms with Crippen molar-refractivity contribution in [2.75, 3.05) is 13.1 Å². The summed E-state index contributed by atoms with van der Waals surface area (Å²) < 4.78 is 0. The van der Waals surface area contributed by atoms with Gasteiger partial charge in [0.05, 0.1) is 5.41 Å². The Morgan fingerprint density at radius 2 is 1.78 bits per heavy atom. The van der Waals surface area contributed by atoms with E-state index < -0.39 is 0 Å². The van der Waals surface area contributed by atoms with Crippen molar-refractivity contribution in [1.82, 2.24) is 15.8 Å². The van der Waals surface area contributed by atoms with Gasteiger partial charge in [0.15, 0.2) is 0 Å². The molecular weight excluding hydrogens is 226 g/mol. The number of piperidine rings is 2. The molecule has 2 unspecified atom stereocenters. The first-order chi connectivity index (χ1) is 8.53. The third-order valence-corrected chi connectivity index (χ3v) is 4.68. The van der Waals surface area contributed by atoms with Crippen LogP contribution in [0.15, 0.2) is 0 Å². The lowest BCUT2D eigenvalue weighted by molar-refractivity contribution is -0.140. The van der Waals surface area contributed by atoms with Gasteiger partial charge in [0.2, 0.25) is 5.91 Å². The van der Waals surface area contributed by atoms with Gasteiger partial charge in [-0.05, 0) is 52.6 Å². The Morgan fingerprint density at radius 3 is 2.33 bits per heavy atom. The molecule has 4 heteroatoms. The average molecular weight is 253 g/mol. The summed E-state index contributed by atoms with van der Waals surface area (Å²) >= 11 is 0. The highest BCUT2D eigenvalue weighted by Gasteiger charge is 2.37. The summed E-state index contributed by atoms with van der Waals surface area (Å²) in [7, 11) is 0. The van der Waals surface area contributed by atoms with Crippen molar-refractivity contribution in [3.05, 3.63) is 0 Å². The van der Waals surface area contributed by atoms with E-state index in [0.29, 0.717) is 12.1 Å². The van der Waals surface area contributed by atoms with E-state index in [1.807, 2.05) is 0 Å². The Morgan fingerprint density at radius 1 is 1.22 bits per heavy atom. The van der Waals surface area contributed by atoms with Crippen molar-refractivity contribution in [2.45, 2.75) is 65.0 Å². The highest BCUT2D eigenvalue weighted by Crippen LogP contribution is 2.29. The van der Waals surface area contributed by atoms with Crippen LogP contribution in [0.3, 0.4) is 0 Å². The zero-order chi connectivity index (χ0) is 13.2. The van der Waals surface area contributed by atoms with Crippen LogP contribution in [0.5, 0.6) is 0 Å². The van der Waals surface area contributed by atoms with Gasteiger partial charge in [-0.3, -0.25) is 10.2 Å². The van der Waals surface area contributed by atoms with E-state index >= 15 is 0 Å². The number of hydrazine groups is 1. The third-order valence-electron chi connectivity index (χ3n) is 4.68. The quantitative estimate of drug-likeness (QED) is 0.787. The van der Waals surface area contributed by atoms with E-state index in [9.17, 15) is 4.79 Å². The second-order valence-corrected chi connectivity index (χ2v) is 6.29. The van der Waals surface area contributed by atoms with Crippen molar-refractivity contribution < 1.29 is 4.79 Å². The maximum absolute atomic E-state index is 12.5. The molecule has 0 aromatic heterocycles. The molecule has 104 valence electrons. The summed E-state index contributed by atoms with van der Waals surface area (Å²) in [5, 5.41) is 5.50. The van der Waals surface area contributed by atoms with Crippen LogP contribution in [0, 0.1) is 5.41 Å². The lowest BCUT2D eigenvalue weighted by Gasteiger charge is -2.42. The van der Waals surface area contributed by atoms with Gasteiger partial charge < -0.3 is 5.32 Å². The van der Waals surface area contributed by atoms with Gasteiger partial charge in [0.25, 0.3) is 0 Å². The number of hydrogen-bond donors (Lipinski definition) is 2. The van der Waals surface area contributed by atoms with Crippen molar-refractivity contribution >= 4 is 5.91 Å². The summed E-state index contributed by atoms with van der Waals surface area (Å²) in [6.45, 7) is 8.42. The molecule has 4 nitrogen and oxygen atoms in total. The standard InChI is InChI=1S/C14H27N3O/c1-11-5-4-6-12(2)17(11)16-13(18)14(3)7-9-15-10-8-14/h11-12,15H,4-10H2,1-3H3,(H,16,18). The molecule has 0 aliphatic carbocycles. The lowest BCUT2D eigenvalue weighted by atomic mass is 9.80. The van der Waals surface area contributed by atoms with E-state index in [0.717, 1.165) is 25.9 Å². The van der Waals surface area contributed by atoms with Crippen molar-refractivity contribution in [3.8, 4) is 0 Å². The molecular formula is C14H27N3O. The van der Waals surface area contributed by atoms with Gasteiger partial charge in [-0.15, -0.1) is 0 Å². The summed E-state index contributed by atoms with van der Waals surface area (Å²) in [5.74, 6) is 0.213. The maximum Gasteiger partial charge on any atom is 0.240 e. The Balaban J connectivity index is 1.97. The molecule has 0 bridgehead atoms. The van der Waals surface area contributed by atoms with Crippen molar-refractivity contribution in [2.24, 2.45) is 5.41 Å². The zero-order valence-electron chi connectivity index (χ0n) is 12.0. The third kappa shape index (κ3) is 2.86. The topological polar surface area (TPSA) is 44.4 Å². The van der Waals surface area contributed by atoms with Crippen LogP contribution in [-0.2, 0) is 4.79 Å². The smallest absolute Gasteiger partial charge is 0.240 e. The molecule has 0 aromatic rings.